The summed E-state index contributed by atoms with van der Waals surface area (Å²) in [6.07, 6.45) is 0. The molecule has 2 heterocycles. The fourth-order valence-electron chi connectivity index (χ4n) is 2.48. The van der Waals surface area contributed by atoms with Gasteiger partial charge in [0.2, 0.25) is 11.8 Å². The average Bonchev–Trinajstić information content (AvgIpc) is 2.33. The van der Waals surface area contributed by atoms with Crippen LogP contribution in [0.4, 0.5) is 0 Å². The summed E-state index contributed by atoms with van der Waals surface area (Å²) >= 11 is 0. The lowest BCUT2D eigenvalue weighted by molar-refractivity contribution is -0.140. The Morgan fingerprint density at radius 3 is 2.17 bits per heavy atom. The standard InChI is InChI=1S/C12H21N3O3/c1-10(17)14-2-4-15(5-3-14)12(18)8-13-6-11(7-13)9-16/h11,16H,2-9H2,1H3. The molecule has 18 heavy (non-hydrogen) atoms. The molecule has 2 amide bonds. The molecule has 2 rings (SSSR count). The Hall–Kier alpha value is -1.14. The van der Waals surface area contributed by atoms with Crippen LogP contribution in [0.2, 0.25) is 0 Å². The molecule has 2 fully saturated rings. The lowest BCUT2D eigenvalue weighted by Crippen LogP contribution is -2.56. The van der Waals surface area contributed by atoms with Crippen LogP contribution in [0.5, 0.6) is 0 Å². The number of carbonyl (C=O) groups excluding carboxylic acids is 2. The number of piperazine rings is 1. The van der Waals surface area contributed by atoms with E-state index in [1.165, 1.54) is 0 Å². The number of hydrogen-bond donors (Lipinski definition) is 1. The summed E-state index contributed by atoms with van der Waals surface area (Å²) in [5.74, 6) is 0.553. The topological polar surface area (TPSA) is 64.1 Å². The molecule has 0 saturated carbocycles. The van der Waals surface area contributed by atoms with Crippen molar-refractivity contribution in [3.05, 3.63) is 0 Å². The molecule has 0 aromatic carbocycles. The van der Waals surface area contributed by atoms with Crippen molar-refractivity contribution in [1.29, 1.82) is 0 Å². The maximum Gasteiger partial charge on any atom is 0.236 e. The van der Waals surface area contributed by atoms with E-state index in [1.54, 1.807) is 11.8 Å². The van der Waals surface area contributed by atoms with E-state index >= 15 is 0 Å². The van der Waals surface area contributed by atoms with Crippen LogP contribution >= 0.6 is 0 Å². The van der Waals surface area contributed by atoms with E-state index in [0.717, 1.165) is 13.1 Å². The zero-order valence-electron chi connectivity index (χ0n) is 10.8. The fraction of sp³-hybridized carbons (Fsp3) is 0.833. The maximum absolute atomic E-state index is 12.0. The normalized spacial score (nSPS) is 21.9. The Morgan fingerprint density at radius 2 is 1.67 bits per heavy atom. The fourth-order valence-corrected chi connectivity index (χ4v) is 2.48. The van der Waals surface area contributed by atoms with E-state index in [2.05, 4.69) is 4.90 Å². The number of likely N-dealkylation sites (tertiary alicyclic amines) is 1. The minimum atomic E-state index is 0.0793. The van der Waals surface area contributed by atoms with Gasteiger partial charge in [-0.15, -0.1) is 0 Å². The van der Waals surface area contributed by atoms with Crippen LogP contribution in [-0.2, 0) is 9.59 Å². The Balaban J connectivity index is 1.70. The van der Waals surface area contributed by atoms with Gasteiger partial charge in [0.15, 0.2) is 0 Å². The molecular weight excluding hydrogens is 234 g/mol. The SMILES string of the molecule is CC(=O)N1CCN(C(=O)CN2CC(CO)C2)CC1. The average molecular weight is 255 g/mol. The Kier molecular flexibility index (Phi) is 4.19. The van der Waals surface area contributed by atoms with Crippen LogP contribution in [0, 0.1) is 5.92 Å². The van der Waals surface area contributed by atoms with Gasteiger partial charge in [-0.05, 0) is 0 Å². The minimum absolute atomic E-state index is 0.0793. The summed E-state index contributed by atoms with van der Waals surface area (Å²) in [6, 6.07) is 0. The molecule has 6 nitrogen and oxygen atoms in total. The number of aliphatic hydroxyl groups excluding tert-OH is 1. The highest BCUT2D eigenvalue weighted by atomic mass is 16.3. The van der Waals surface area contributed by atoms with Gasteiger partial charge in [-0.1, -0.05) is 0 Å². The van der Waals surface area contributed by atoms with Crippen LogP contribution in [0.1, 0.15) is 6.92 Å². The van der Waals surface area contributed by atoms with Crippen LogP contribution in [-0.4, -0.2) is 84.0 Å². The first-order valence-electron chi connectivity index (χ1n) is 6.46. The summed E-state index contributed by atoms with van der Waals surface area (Å²) < 4.78 is 0. The van der Waals surface area contributed by atoms with Crippen LogP contribution in [0.15, 0.2) is 0 Å². The van der Waals surface area contributed by atoms with Crippen molar-refractivity contribution in [1.82, 2.24) is 14.7 Å². The molecule has 0 radical (unpaired) electrons. The number of carbonyl (C=O) groups is 2. The van der Waals surface area contributed by atoms with Gasteiger partial charge in [0.25, 0.3) is 0 Å². The minimum Gasteiger partial charge on any atom is -0.396 e. The number of aliphatic hydroxyl groups is 1. The van der Waals surface area contributed by atoms with Crippen molar-refractivity contribution in [2.45, 2.75) is 6.92 Å². The van der Waals surface area contributed by atoms with E-state index in [0.29, 0.717) is 38.6 Å². The molecule has 0 spiro atoms. The summed E-state index contributed by atoms with van der Waals surface area (Å²) in [6.45, 7) is 6.39. The molecule has 0 unspecified atom stereocenters. The predicted molar refractivity (Wildman–Crippen MR) is 65.8 cm³/mol. The molecule has 6 heteroatoms. The molecule has 2 aliphatic rings. The molecule has 2 aliphatic heterocycles. The van der Waals surface area contributed by atoms with E-state index < -0.39 is 0 Å². The first-order valence-corrected chi connectivity index (χ1v) is 6.46. The van der Waals surface area contributed by atoms with Crippen molar-refractivity contribution in [2.75, 3.05) is 52.4 Å². The molecule has 0 atom stereocenters. The van der Waals surface area contributed by atoms with E-state index in [1.807, 2.05) is 4.90 Å². The molecular formula is C12H21N3O3. The quantitative estimate of drug-likeness (QED) is 0.674. The molecule has 0 aromatic heterocycles. The summed E-state index contributed by atoms with van der Waals surface area (Å²) in [7, 11) is 0. The third-order valence-electron chi connectivity index (χ3n) is 3.73. The van der Waals surface area contributed by atoms with Gasteiger partial charge in [0, 0.05) is 58.7 Å². The van der Waals surface area contributed by atoms with E-state index in [9.17, 15) is 9.59 Å². The van der Waals surface area contributed by atoms with Crippen molar-refractivity contribution in [2.24, 2.45) is 5.92 Å². The monoisotopic (exact) mass is 255 g/mol. The largest absolute Gasteiger partial charge is 0.396 e. The number of rotatable bonds is 3. The number of amides is 2. The lowest BCUT2D eigenvalue weighted by Gasteiger charge is -2.40. The molecule has 0 aromatic rings. The van der Waals surface area contributed by atoms with Crippen LogP contribution < -0.4 is 0 Å². The van der Waals surface area contributed by atoms with E-state index in [4.69, 9.17) is 5.11 Å². The lowest BCUT2D eigenvalue weighted by atomic mass is 10.0. The smallest absolute Gasteiger partial charge is 0.236 e. The van der Waals surface area contributed by atoms with Crippen LogP contribution in [0.25, 0.3) is 0 Å². The second-order valence-electron chi connectivity index (χ2n) is 5.13. The van der Waals surface area contributed by atoms with Crippen LogP contribution in [0.3, 0.4) is 0 Å². The highest BCUT2D eigenvalue weighted by molar-refractivity contribution is 5.79. The van der Waals surface area contributed by atoms with Gasteiger partial charge in [-0.2, -0.15) is 0 Å². The second-order valence-corrected chi connectivity index (χ2v) is 5.13. The van der Waals surface area contributed by atoms with E-state index in [-0.39, 0.29) is 18.4 Å². The van der Waals surface area contributed by atoms with Gasteiger partial charge >= 0.3 is 0 Å². The van der Waals surface area contributed by atoms with Crippen molar-refractivity contribution >= 4 is 11.8 Å². The van der Waals surface area contributed by atoms with Gasteiger partial charge in [-0.3, -0.25) is 14.5 Å². The third kappa shape index (κ3) is 3.00. The first-order chi connectivity index (χ1) is 8.60. The highest BCUT2D eigenvalue weighted by Gasteiger charge is 2.30. The number of nitrogens with zero attached hydrogens (tertiary/aromatic N) is 3. The zero-order valence-corrected chi connectivity index (χ0v) is 10.8. The maximum atomic E-state index is 12.0. The third-order valence-corrected chi connectivity index (χ3v) is 3.73. The van der Waals surface area contributed by atoms with Gasteiger partial charge in [0.1, 0.15) is 0 Å². The predicted octanol–water partition coefficient (Wildman–Crippen LogP) is -1.40. The first kappa shape index (κ1) is 13.3. The summed E-state index contributed by atoms with van der Waals surface area (Å²) in [5, 5.41) is 8.91. The molecule has 0 aliphatic carbocycles. The zero-order chi connectivity index (χ0) is 13.1. The summed E-state index contributed by atoms with van der Waals surface area (Å²) in [4.78, 5) is 28.8. The van der Waals surface area contributed by atoms with Crippen molar-refractivity contribution in [3.63, 3.8) is 0 Å². The Morgan fingerprint density at radius 1 is 1.11 bits per heavy atom. The van der Waals surface area contributed by atoms with Gasteiger partial charge in [-0.25, -0.2) is 0 Å². The highest BCUT2D eigenvalue weighted by Crippen LogP contribution is 2.14. The van der Waals surface area contributed by atoms with Gasteiger partial charge < -0.3 is 14.9 Å². The Labute approximate surface area is 107 Å². The molecule has 0 bridgehead atoms. The second kappa shape index (κ2) is 5.67. The van der Waals surface area contributed by atoms with Crippen molar-refractivity contribution < 1.29 is 14.7 Å². The summed E-state index contributed by atoms with van der Waals surface area (Å²) in [5.41, 5.74) is 0. The number of hydrogen-bond acceptors (Lipinski definition) is 4. The Bertz CT molecular complexity index is 321. The van der Waals surface area contributed by atoms with Gasteiger partial charge in [0.05, 0.1) is 6.54 Å². The molecule has 1 N–H and O–H groups in total. The molecule has 102 valence electrons. The van der Waals surface area contributed by atoms with Crippen molar-refractivity contribution in [3.8, 4) is 0 Å². The molecule has 2 saturated heterocycles.